The third-order valence-corrected chi connectivity index (χ3v) is 5.08. The normalized spacial score (nSPS) is 18.9. The third-order valence-electron chi connectivity index (χ3n) is 3.56. The van der Waals surface area contributed by atoms with Crippen molar-refractivity contribution in [3.05, 3.63) is 23.8 Å². The summed E-state index contributed by atoms with van der Waals surface area (Å²) < 4.78 is 38.0. The van der Waals surface area contributed by atoms with Gasteiger partial charge in [0.15, 0.2) is 0 Å². The fourth-order valence-electron chi connectivity index (χ4n) is 2.35. The molecule has 3 N–H and O–H groups in total. The van der Waals surface area contributed by atoms with Crippen LogP contribution in [0.15, 0.2) is 23.1 Å². The molecule has 0 spiro atoms. The molecule has 0 aromatic heterocycles. The maximum Gasteiger partial charge on any atom is 0.240 e. The Hall–Kier alpha value is -1.15. The zero-order valence-corrected chi connectivity index (χ0v) is 13.0. The first-order valence-corrected chi connectivity index (χ1v) is 8.49. The number of hydrogen-bond acceptors (Lipinski definition) is 5. The molecule has 1 aliphatic rings. The summed E-state index contributed by atoms with van der Waals surface area (Å²) in [6.45, 7) is 2.09. The van der Waals surface area contributed by atoms with Gasteiger partial charge in [-0.1, -0.05) is 0 Å². The van der Waals surface area contributed by atoms with Crippen LogP contribution in [0.5, 0.6) is 5.75 Å². The standard InChI is InChI=1S/C14H22N2O4S/c1-19-13-2-3-14(12(8-13)4-6-15)21(17,18)16-9-11-5-7-20-10-11/h2-3,8,11,16H,4-7,9-10,15H2,1H3. The van der Waals surface area contributed by atoms with Gasteiger partial charge in [0.1, 0.15) is 5.75 Å². The van der Waals surface area contributed by atoms with Crippen LogP contribution in [0.25, 0.3) is 0 Å². The SMILES string of the molecule is COc1ccc(S(=O)(=O)NCC2CCOC2)c(CCN)c1. The average molecular weight is 314 g/mol. The summed E-state index contributed by atoms with van der Waals surface area (Å²) in [4.78, 5) is 0.271. The van der Waals surface area contributed by atoms with Crippen molar-refractivity contribution in [1.29, 1.82) is 0 Å². The van der Waals surface area contributed by atoms with Crippen LogP contribution in [-0.4, -0.2) is 41.8 Å². The highest BCUT2D eigenvalue weighted by Crippen LogP contribution is 2.22. The molecule has 0 aliphatic carbocycles. The first-order valence-electron chi connectivity index (χ1n) is 7.01. The Balaban J connectivity index is 2.17. The topological polar surface area (TPSA) is 90.7 Å². The number of hydrogen-bond donors (Lipinski definition) is 2. The minimum absolute atomic E-state index is 0.246. The van der Waals surface area contributed by atoms with Gasteiger partial charge in [-0.2, -0.15) is 0 Å². The molecule has 118 valence electrons. The Bertz CT molecular complexity index is 568. The Morgan fingerprint density at radius 1 is 1.48 bits per heavy atom. The van der Waals surface area contributed by atoms with E-state index in [0.717, 1.165) is 6.42 Å². The molecule has 1 unspecified atom stereocenters. The lowest BCUT2D eigenvalue weighted by atomic mass is 10.1. The van der Waals surface area contributed by atoms with E-state index in [1.54, 1.807) is 25.3 Å². The quantitative estimate of drug-likeness (QED) is 0.765. The Morgan fingerprint density at radius 3 is 2.90 bits per heavy atom. The third kappa shape index (κ3) is 4.16. The van der Waals surface area contributed by atoms with Gasteiger partial charge >= 0.3 is 0 Å². The van der Waals surface area contributed by atoms with Crippen molar-refractivity contribution in [2.75, 3.05) is 33.4 Å². The number of benzene rings is 1. The molecule has 1 fully saturated rings. The summed E-state index contributed by atoms with van der Waals surface area (Å²) in [7, 11) is -1.99. The van der Waals surface area contributed by atoms with Gasteiger partial charge in [0.25, 0.3) is 0 Å². The van der Waals surface area contributed by atoms with Gasteiger partial charge in [0.05, 0.1) is 18.6 Å². The van der Waals surface area contributed by atoms with E-state index in [0.29, 0.717) is 44.0 Å². The van der Waals surface area contributed by atoms with Crippen LogP contribution in [0.3, 0.4) is 0 Å². The minimum Gasteiger partial charge on any atom is -0.497 e. The number of ether oxygens (including phenoxy) is 2. The highest BCUT2D eigenvalue weighted by atomic mass is 32.2. The summed E-state index contributed by atoms with van der Waals surface area (Å²) in [6, 6.07) is 4.94. The maximum absolute atomic E-state index is 12.5. The number of rotatable bonds is 7. The van der Waals surface area contributed by atoms with Crippen LogP contribution < -0.4 is 15.2 Å². The van der Waals surface area contributed by atoms with Crippen LogP contribution in [-0.2, 0) is 21.2 Å². The van der Waals surface area contributed by atoms with E-state index in [2.05, 4.69) is 4.72 Å². The van der Waals surface area contributed by atoms with E-state index < -0.39 is 10.0 Å². The predicted molar refractivity (Wildman–Crippen MR) is 79.9 cm³/mol. The maximum atomic E-state index is 12.5. The summed E-state index contributed by atoms with van der Waals surface area (Å²) in [5.74, 6) is 0.873. The van der Waals surface area contributed by atoms with Gasteiger partial charge in [-0.3, -0.25) is 0 Å². The molecule has 0 bridgehead atoms. The lowest BCUT2D eigenvalue weighted by Gasteiger charge is -2.14. The fraction of sp³-hybridized carbons (Fsp3) is 0.571. The summed E-state index contributed by atoms with van der Waals surface area (Å²) >= 11 is 0. The summed E-state index contributed by atoms with van der Waals surface area (Å²) in [6.07, 6.45) is 1.38. The van der Waals surface area contributed by atoms with Gasteiger partial charge in [0, 0.05) is 13.2 Å². The molecule has 0 amide bonds. The number of nitrogens with two attached hydrogens (primary N) is 1. The molecule has 7 heteroatoms. The fourth-order valence-corrected chi connectivity index (χ4v) is 3.71. The largest absolute Gasteiger partial charge is 0.497 e. The average Bonchev–Trinajstić information content (AvgIpc) is 2.99. The molecule has 21 heavy (non-hydrogen) atoms. The van der Waals surface area contributed by atoms with Crippen molar-refractivity contribution in [3.63, 3.8) is 0 Å². The lowest BCUT2D eigenvalue weighted by molar-refractivity contribution is 0.186. The smallest absolute Gasteiger partial charge is 0.240 e. The molecule has 1 aliphatic heterocycles. The Labute approximate surface area is 125 Å². The van der Waals surface area contributed by atoms with E-state index in [1.165, 1.54) is 0 Å². The second kappa shape index (κ2) is 7.22. The molecule has 0 saturated carbocycles. The molecule has 1 saturated heterocycles. The monoisotopic (exact) mass is 314 g/mol. The van der Waals surface area contributed by atoms with Crippen molar-refractivity contribution in [2.45, 2.75) is 17.7 Å². The van der Waals surface area contributed by atoms with Gasteiger partial charge in [-0.05, 0) is 49.1 Å². The number of sulfonamides is 1. The van der Waals surface area contributed by atoms with Gasteiger partial charge in [0.2, 0.25) is 10.0 Å². The van der Waals surface area contributed by atoms with E-state index >= 15 is 0 Å². The van der Waals surface area contributed by atoms with Crippen LogP contribution >= 0.6 is 0 Å². The van der Waals surface area contributed by atoms with Crippen molar-refractivity contribution in [1.82, 2.24) is 4.72 Å². The summed E-state index contributed by atoms with van der Waals surface area (Å²) in [5.41, 5.74) is 6.24. The van der Waals surface area contributed by atoms with Gasteiger partial charge in [-0.15, -0.1) is 0 Å². The van der Waals surface area contributed by atoms with Crippen molar-refractivity contribution >= 4 is 10.0 Å². The first-order chi connectivity index (χ1) is 10.1. The zero-order valence-electron chi connectivity index (χ0n) is 12.2. The summed E-state index contributed by atoms with van der Waals surface area (Å²) in [5, 5.41) is 0. The lowest BCUT2D eigenvalue weighted by Crippen LogP contribution is -2.30. The van der Waals surface area contributed by atoms with Crippen molar-refractivity contribution < 1.29 is 17.9 Å². The van der Waals surface area contributed by atoms with Crippen LogP contribution in [0, 0.1) is 5.92 Å². The van der Waals surface area contributed by atoms with E-state index in [9.17, 15) is 8.42 Å². The second-order valence-electron chi connectivity index (χ2n) is 5.09. The minimum atomic E-state index is -3.54. The molecule has 1 atom stereocenters. The first kappa shape index (κ1) is 16.2. The van der Waals surface area contributed by atoms with E-state index in [4.69, 9.17) is 15.2 Å². The van der Waals surface area contributed by atoms with Crippen molar-refractivity contribution in [3.8, 4) is 5.75 Å². The van der Waals surface area contributed by atoms with E-state index in [1.807, 2.05) is 0 Å². The van der Waals surface area contributed by atoms with E-state index in [-0.39, 0.29) is 10.8 Å². The van der Waals surface area contributed by atoms with Crippen LogP contribution in [0.4, 0.5) is 0 Å². The van der Waals surface area contributed by atoms with Crippen molar-refractivity contribution in [2.24, 2.45) is 11.7 Å². The molecule has 6 nitrogen and oxygen atoms in total. The van der Waals surface area contributed by atoms with Gasteiger partial charge < -0.3 is 15.2 Å². The zero-order chi connectivity index (χ0) is 15.3. The molecule has 1 aromatic rings. The Morgan fingerprint density at radius 2 is 2.29 bits per heavy atom. The molecular weight excluding hydrogens is 292 g/mol. The Kier molecular flexibility index (Phi) is 5.58. The highest BCUT2D eigenvalue weighted by Gasteiger charge is 2.22. The molecule has 1 heterocycles. The van der Waals surface area contributed by atoms with Crippen LogP contribution in [0.1, 0.15) is 12.0 Å². The van der Waals surface area contributed by atoms with Crippen LogP contribution in [0.2, 0.25) is 0 Å². The number of methoxy groups -OCH3 is 1. The second-order valence-corrected chi connectivity index (χ2v) is 6.83. The van der Waals surface area contributed by atoms with Gasteiger partial charge in [-0.25, -0.2) is 13.1 Å². The highest BCUT2D eigenvalue weighted by molar-refractivity contribution is 7.89. The molecule has 2 rings (SSSR count). The predicted octanol–water partition coefficient (Wildman–Crippen LogP) is 0.511. The molecular formula is C14H22N2O4S. The number of nitrogens with one attached hydrogen (secondary N) is 1. The molecule has 1 aromatic carbocycles. The molecule has 0 radical (unpaired) electrons.